The highest BCUT2D eigenvalue weighted by Crippen LogP contribution is 2.15. The average Bonchev–Trinajstić information content (AvgIpc) is 2.72. The summed E-state index contributed by atoms with van der Waals surface area (Å²) in [6, 6.07) is 2.12. The molecule has 0 aromatic heterocycles. The Balaban J connectivity index is 2.51. The number of benzene rings is 1. The van der Waals surface area contributed by atoms with Crippen LogP contribution in [0.3, 0.4) is 0 Å². The summed E-state index contributed by atoms with van der Waals surface area (Å²) in [5.74, 6) is -3.67. The number of carboxylic acids is 1. The van der Waals surface area contributed by atoms with E-state index in [4.69, 9.17) is 5.11 Å². The van der Waals surface area contributed by atoms with Gasteiger partial charge in [-0.2, -0.15) is 0 Å². The fourth-order valence-corrected chi connectivity index (χ4v) is 2.32. The van der Waals surface area contributed by atoms with E-state index < -0.39 is 52.6 Å². The van der Waals surface area contributed by atoms with Crippen molar-refractivity contribution in [3.8, 4) is 0 Å². The molecule has 0 bridgehead atoms. The van der Waals surface area contributed by atoms with E-state index in [0.29, 0.717) is 5.69 Å². The number of nitro groups is 1. The second-order valence-corrected chi connectivity index (χ2v) is 6.94. The highest BCUT2D eigenvalue weighted by Gasteiger charge is 2.24. The molecule has 1 aromatic carbocycles. The summed E-state index contributed by atoms with van der Waals surface area (Å²) in [4.78, 5) is 68.7. The Hall–Kier alpha value is -4.03. The summed E-state index contributed by atoms with van der Waals surface area (Å²) in [6.45, 7) is 4.17. The van der Waals surface area contributed by atoms with Gasteiger partial charge < -0.3 is 26.4 Å². The van der Waals surface area contributed by atoms with Crippen LogP contribution in [0.1, 0.15) is 33.6 Å². The molecule has 0 aliphatic carbocycles. The van der Waals surface area contributed by atoms with Gasteiger partial charge in [-0.05, 0) is 32.9 Å². The van der Waals surface area contributed by atoms with Crippen molar-refractivity contribution < 1.29 is 34.0 Å². The van der Waals surface area contributed by atoms with Gasteiger partial charge in [0.1, 0.15) is 18.1 Å². The van der Waals surface area contributed by atoms with Gasteiger partial charge in [0.25, 0.3) is 5.69 Å². The summed E-state index contributed by atoms with van der Waals surface area (Å²) >= 11 is 0. The number of aliphatic carboxylic acids is 1. The summed E-state index contributed by atoms with van der Waals surface area (Å²) in [7, 11) is 0. The van der Waals surface area contributed by atoms with Crippen LogP contribution in [-0.2, 0) is 24.0 Å². The Morgan fingerprint density at radius 3 is 1.78 bits per heavy atom. The standard InChI is InChI=1S/C19H25N5O8/c1-10(20-15(25)8-9-16(26)27)17(28)21-11(2)18(29)22-12(3)19(30)23-13-4-6-14(7-5-13)24(31)32/h4-7,10-12H,8-9H2,1-3H3,(H,20,25)(H,21,28)(H,22,29)(H,23,30)(H,26,27)/t10-,11+,12-/m0/s1. The number of carboxylic acid groups (broad SMARTS) is 1. The molecule has 4 amide bonds. The van der Waals surface area contributed by atoms with Gasteiger partial charge in [0, 0.05) is 24.2 Å². The topological polar surface area (TPSA) is 197 Å². The third-order valence-electron chi connectivity index (χ3n) is 4.19. The largest absolute Gasteiger partial charge is 0.481 e. The van der Waals surface area contributed by atoms with Gasteiger partial charge in [-0.25, -0.2) is 0 Å². The lowest BCUT2D eigenvalue weighted by atomic mass is 10.2. The molecule has 13 heteroatoms. The van der Waals surface area contributed by atoms with E-state index in [9.17, 15) is 34.1 Å². The van der Waals surface area contributed by atoms with E-state index in [0.717, 1.165) is 0 Å². The molecule has 13 nitrogen and oxygen atoms in total. The third kappa shape index (κ3) is 8.77. The smallest absolute Gasteiger partial charge is 0.303 e. The van der Waals surface area contributed by atoms with Crippen molar-refractivity contribution in [1.82, 2.24) is 16.0 Å². The quantitative estimate of drug-likeness (QED) is 0.227. The van der Waals surface area contributed by atoms with Gasteiger partial charge >= 0.3 is 5.97 Å². The van der Waals surface area contributed by atoms with Crippen molar-refractivity contribution in [1.29, 1.82) is 0 Å². The van der Waals surface area contributed by atoms with Gasteiger partial charge in [-0.15, -0.1) is 0 Å². The number of hydrogen-bond donors (Lipinski definition) is 5. The number of nitro benzene ring substituents is 1. The minimum atomic E-state index is -1.14. The number of amides is 4. The maximum absolute atomic E-state index is 12.3. The Labute approximate surface area is 183 Å². The number of anilines is 1. The molecule has 1 aromatic rings. The second kappa shape index (κ2) is 12.0. The van der Waals surface area contributed by atoms with Crippen molar-refractivity contribution in [3.63, 3.8) is 0 Å². The van der Waals surface area contributed by atoms with Gasteiger partial charge in [0.2, 0.25) is 23.6 Å². The predicted molar refractivity (Wildman–Crippen MR) is 111 cm³/mol. The van der Waals surface area contributed by atoms with E-state index in [1.165, 1.54) is 45.0 Å². The molecule has 5 N–H and O–H groups in total. The first-order valence-electron chi connectivity index (χ1n) is 9.58. The van der Waals surface area contributed by atoms with Crippen LogP contribution >= 0.6 is 0 Å². The number of nitrogens with one attached hydrogen (secondary N) is 4. The van der Waals surface area contributed by atoms with Crippen molar-refractivity contribution in [2.24, 2.45) is 0 Å². The fourth-order valence-electron chi connectivity index (χ4n) is 2.32. The molecule has 0 saturated carbocycles. The molecule has 0 fully saturated rings. The summed E-state index contributed by atoms with van der Waals surface area (Å²) in [6.07, 6.45) is -0.664. The van der Waals surface area contributed by atoms with Crippen molar-refractivity contribution in [3.05, 3.63) is 34.4 Å². The lowest BCUT2D eigenvalue weighted by Crippen LogP contribution is -2.54. The molecule has 32 heavy (non-hydrogen) atoms. The van der Waals surface area contributed by atoms with Crippen LogP contribution in [0.2, 0.25) is 0 Å². The Kier molecular flexibility index (Phi) is 9.73. The van der Waals surface area contributed by atoms with E-state index in [-0.39, 0.29) is 18.5 Å². The Morgan fingerprint density at radius 1 is 0.844 bits per heavy atom. The van der Waals surface area contributed by atoms with E-state index in [1.807, 2.05) is 0 Å². The van der Waals surface area contributed by atoms with Crippen molar-refractivity contribution >= 4 is 41.0 Å². The number of hydrogen-bond acceptors (Lipinski definition) is 7. The first kappa shape index (κ1) is 26.0. The molecule has 0 heterocycles. The van der Waals surface area contributed by atoms with Crippen LogP contribution in [0, 0.1) is 10.1 Å². The van der Waals surface area contributed by atoms with E-state index in [2.05, 4.69) is 21.3 Å². The molecule has 0 radical (unpaired) electrons. The predicted octanol–water partition coefficient (Wildman–Crippen LogP) is -0.0878. The lowest BCUT2D eigenvalue weighted by molar-refractivity contribution is -0.384. The van der Waals surface area contributed by atoms with Crippen LogP contribution < -0.4 is 21.3 Å². The number of rotatable bonds is 11. The average molecular weight is 451 g/mol. The SMILES string of the molecule is C[C@H](NC(=O)CCC(=O)O)C(=O)N[C@H](C)C(=O)N[C@@H](C)C(=O)Nc1ccc([N+](=O)[O-])cc1. The molecule has 1 rings (SSSR count). The number of nitrogens with zero attached hydrogens (tertiary/aromatic N) is 1. The molecular formula is C19H25N5O8. The molecule has 0 saturated heterocycles. The minimum Gasteiger partial charge on any atom is -0.481 e. The van der Waals surface area contributed by atoms with Crippen LogP contribution in [-0.4, -0.2) is 57.8 Å². The number of carbonyl (C=O) groups is 5. The highest BCUT2D eigenvalue weighted by molar-refractivity contribution is 5.98. The summed E-state index contributed by atoms with van der Waals surface area (Å²) in [5, 5.41) is 28.8. The van der Waals surface area contributed by atoms with Gasteiger partial charge in [0.05, 0.1) is 11.3 Å². The van der Waals surface area contributed by atoms with Crippen LogP contribution in [0.5, 0.6) is 0 Å². The van der Waals surface area contributed by atoms with Crippen LogP contribution in [0.15, 0.2) is 24.3 Å². The summed E-state index contributed by atoms with van der Waals surface area (Å²) in [5.41, 5.74) is 0.164. The minimum absolute atomic E-state index is 0.138. The van der Waals surface area contributed by atoms with Gasteiger partial charge in [0.15, 0.2) is 0 Å². The fraction of sp³-hybridized carbons (Fsp3) is 0.421. The number of non-ortho nitro benzene ring substituents is 1. The van der Waals surface area contributed by atoms with Gasteiger partial charge in [-0.3, -0.25) is 34.1 Å². The first-order chi connectivity index (χ1) is 14.9. The lowest BCUT2D eigenvalue weighted by Gasteiger charge is -2.20. The third-order valence-corrected chi connectivity index (χ3v) is 4.19. The van der Waals surface area contributed by atoms with Crippen molar-refractivity contribution in [2.75, 3.05) is 5.32 Å². The molecule has 0 spiro atoms. The zero-order valence-corrected chi connectivity index (χ0v) is 17.7. The zero-order valence-electron chi connectivity index (χ0n) is 17.7. The first-order valence-corrected chi connectivity index (χ1v) is 9.58. The molecule has 0 aliphatic heterocycles. The Bertz CT molecular complexity index is 886. The second-order valence-electron chi connectivity index (χ2n) is 6.94. The monoisotopic (exact) mass is 451 g/mol. The maximum Gasteiger partial charge on any atom is 0.303 e. The maximum atomic E-state index is 12.3. The highest BCUT2D eigenvalue weighted by atomic mass is 16.6. The van der Waals surface area contributed by atoms with Crippen molar-refractivity contribution in [2.45, 2.75) is 51.7 Å². The molecule has 0 aliphatic rings. The Morgan fingerprint density at radius 2 is 1.31 bits per heavy atom. The van der Waals surface area contributed by atoms with Crippen LogP contribution in [0.25, 0.3) is 0 Å². The molecular weight excluding hydrogens is 426 g/mol. The zero-order chi connectivity index (χ0) is 24.4. The molecule has 3 atom stereocenters. The van der Waals surface area contributed by atoms with E-state index >= 15 is 0 Å². The molecule has 0 unspecified atom stereocenters. The number of carbonyl (C=O) groups excluding carboxylic acids is 4. The molecule has 174 valence electrons. The normalized spacial score (nSPS) is 13.1. The van der Waals surface area contributed by atoms with Crippen LogP contribution in [0.4, 0.5) is 11.4 Å². The summed E-state index contributed by atoms with van der Waals surface area (Å²) < 4.78 is 0. The van der Waals surface area contributed by atoms with E-state index in [1.54, 1.807) is 0 Å². The van der Waals surface area contributed by atoms with Gasteiger partial charge in [-0.1, -0.05) is 0 Å².